The lowest BCUT2D eigenvalue weighted by molar-refractivity contribution is 0.434. The second-order valence-electron chi connectivity index (χ2n) is 5.25. The van der Waals surface area contributed by atoms with Crippen molar-refractivity contribution in [2.24, 2.45) is 5.92 Å². The second-order valence-corrected chi connectivity index (χ2v) is 6.96. The maximum Gasteiger partial charge on any atom is 0.240 e. The van der Waals surface area contributed by atoms with Crippen molar-refractivity contribution in [1.82, 2.24) is 4.72 Å². The van der Waals surface area contributed by atoms with Crippen molar-refractivity contribution in [3.8, 4) is 0 Å². The van der Waals surface area contributed by atoms with Gasteiger partial charge in [0.15, 0.2) is 0 Å². The van der Waals surface area contributed by atoms with Gasteiger partial charge in [0.1, 0.15) is 0 Å². The highest BCUT2D eigenvalue weighted by molar-refractivity contribution is 7.89. The first-order valence-electron chi connectivity index (χ1n) is 7.27. The Labute approximate surface area is 123 Å². The molecule has 0 radical (unpaired) electrons. The zero-order chi connectivity index (χ0) is 15.2. The summed E-state index contributed by atoms with van der Waals surface area (Å²) in [7, 11) is -3.43. The van der Waals surface area contributed by atoms with Crippen LogP contribution in [0.5, 0.6) is 0 Å². The van der Waals surface area contributed by atoms with Crippen LogP contribution in [-0.4, -0.2) is 21.0 Å². The van der Waals surface area contributed by atoms with Crippen LogP contribution in [0.1, 0.15) is 40.5 Å². The Balaban J connectivity index is 2.77. The van der Waals surface area contributed by atoms with Gasteiger partial charge < -0.3 is 5.32 Å². The molecule has 0 fully saturated rings. The first kappa shape index (κ1) is 17.0. The van der Waals surface area contributed by atoms with E-state index in [1.165, 1.54) is 0 Å². The fourth-order valence-corrected chi connectivity index (χ4v) is 3.16. The highest BCUT2D eigenvalue weighted by Gasteiger charge is 2.20. The van der Waals surface area contributed by atoms with E-state index in [-0.39, 0.29) is 6.04 Å². The highest BCUT2D eigenvalue weighted by Crippen LogP contribution is 2.16. The fraction of sp³-hybridized carbons (Fsp3) is 0.600. The number of benzene rings is 1. The van der Waals surface area contributed by atoms with Gasteiger partial charge >= 0.3 is 0 Å². The molecule has 20 heavy (non-hydrogen) atoms. The maximum absolute atomic E-state index is 12.3. The molecular weight excluding hydrogens is 272 g/mol. The number of hydrogen-bond donors (Lipinski definition) is 2. The summed E-state index contributed by atoms with van der Waals surface area (Å²) >= 11 is 0. The predicted octanol–water partition coefficient (Wildman–Crippen LogP) is 3.22. The van der Waals surface area contributed by atoms with Crippen molar-refractivity contribution < 1.29 is 8.42 Å². The second kappa shape index (κ2) is 7.64. The molecule has 0 aliphatic rings. The molecule has 0 aliphatic heterocycles. The average molecular weight is 298 g/mol. The predicted molar refractivity (Wildman–Crippen MR) is 84.5 cm³/mol. The molecule has 1 aromatic rings. The Morgan fingerprint density at radius 3 is 2.20 bits per heavy atom. The van der Waals surface area contributed by atoms with Crippen LogP contribution < -0.4 is 10.0 Å². The van der Waals surface area contributed by atoms with Crippen LogP contribution in [0.15, 0.2) is 29.2 Å². The molecule has 2 unspecified atom stereocenters. The Morgan fingerprint density at radius 2 is 1.70 bits per heavy atom. The van der Waals surface area contributed by atoms with Crippen LogP contribution >= 0.6 is 0 Å². The molecule has 0 aromatic heterocycles. The van der Waals surface area contributed by atoms with Crippen molar-refractivity contribution in [3.05, 3.63) is 24.3 Å². The Kier molecular flexibility index (Phi) is 6.49. The molecule has 0 saturated carbocycles. The molecule has 0 saturated heterocycles. The molecule has 1 aromatic carbocycles. The molecular formula is C15H26N2O2S. The van der Waals surface area contributed by atoms with Gasteiger partial charge in [0.25, 0.3) is 0 Å². The zero-order valence-electron chi connectivity index (χ0n) is 12.8. The molecule has 2 atom stereocenters. The topological polar surface area (TPSA) is 58.2 Å². The summed E-state index contributed by atoms with van der Waals surface area (Å²) in [4.78, 5) is 0.315. The van der Waals surface area contributed by atoms with Gasteiger partial charge in [0.2, 0.25) is 10.0 Å². The quantitative estimate of drug-likeness (QED) is 0.774. The minimum atomic E-state index is -3.43. The molecule has 4 nitrogen and oxygen atoms in total. The van der Waals surface area contributed by atoms with Crippen molar-refractivity contribution in [2.45, 2.75) is 51.5 Å². The molecule has 1 rings (SSSR count). The van der Waals surface area contributed by atoms with E-state index in [9.17, 15) is 8.42 Å². The van der Waals surface area contributed by atoms with Gasteiger partial charge in [-0.2, -0.15) is 0 Å². The normalized spacial score (nSPS) is 14.8. The van der Waals surface area contributed by atoms with E-state index < -0.39 is 10.0 Å². The van der Waals surface area contributed by atoms with E-state index in [4.69, 9.17) is 0 Å². The van der Waals surface area contributed by atoms with Crippen LogP contribution in [0.2, 0.25) is 0 Å². The third-order valence-electron chi connectivity index (χ3n) is 3.58. The van der Waals surface area contributed by atoms with Crippen molar-refractivity contribution in [1.29, 1.82) is 0 Å². The number of hydrogen-bond acceptors (Lipinski definition) is 3. The van der Waals surface area contributed by atoms with Crippen LogP contribution in [0.25, 0.3) is 0 Å². The van der Waals surface area contributed by atoms with Gasteiger partial charge in [-0.05, 0) is 43.5 Å². The lowest BCUT2D eigenvalue weighted by Crippen LogP contribution is -2.36. The minimum Gasteiger partial charge on any atom is -0.385 e. The summed E-state index contributed by atoms with van der Waals surface area (Å²) < 4.78 is 27.3. The lowest BCUT2D eigenvalue weighted by atomic mass is 10.0. The Bertz CT molecular complexity index is 497. The van der Waals surface area contributed by atoms with Gasteiger partial charge in [0, 0.05) is 18.3 Å². The molecule has 0 bridgehead atoms. The minimum absolute atomic E-state index is 0.0668. The van der Waals surface area contributed by atoms with E-state index in [0.717, 1.165) is 25.1 Å². The molecule has 2 N–H and O–H groups in total. The standard InChI is InChI=1S/C15H26N2O2S/c1-5-11-16-14-7-9-15(10-8-14)20(18,19)17-13(4)12(3)6-2/h7-10,12-13,16-17H,5-6,11H2,1-4H3. The van der Waals surface area contributed by atoms with Crippen molar-refractivity contribution in [2.75, 3.05) is 11.9 Å². The third-order valence-corrected chi connectivity index (χ3v) is 5.16. The van der Waals surface area contributed by atoms with Gasteiger partial charge in [-0.15, -0.1) is 0 Å². The maximum atomic E-state index is 12.3. The first-order chi connectivity index (χ1) is 9.40. The van der Waals surface area contributed by atoms with E-state index in [1.54, 1.807) is 24.3 Å². The fourth-order valence-electron chi connectivity index (χ4n) is 1.80. The molecule has 0 aliphatic carbocycles. The van der Waals surface area contributed by atoms with Gasteiger partial charge in [-0.1, -0.05) is 27.2 Å². The van der Waals surface area contributed by atoms with Crippen molar-refractivity contribution in [3.63, 3.8) is 0 Å². The van der Waals surface area contributed by atoms with E-state index in [1.807, 2.05) is 13.8 Å². The summed E-state index contributed by atoms with van der Waals surface area (Å²) in [6.45, 7) is 8.99. The Morgan fingerprint density at radius 1 is 1.10 bits per heavy atom. The summed E-state index contributed by atoms with van der Waals surface area (Å²) in [5.74, 6) is 0.315. The van der Waals surface area contributed by atoms with Gasteiger partial charge in [0.05, 0.1) is 4.90 Å². The summed E-state index contributed by atoms with van der Waals surface area (Å²) in [5, 5.41) is 3.23. The van der Waals surface area contributed by atoms with Crippen molar-refractivity contribution >= 4 is 15.7 Å². The van der Waals surface area contributed by atoms with Crippen LogP contribution in [-0.2, 0) is 10.0 Å². The monoisotopic (exact) mass is 298 g/mol. The SMILES string of the molecule is CCCNc1ccc(S(=O)(=O)NC(C)C(C)CC)cc1. The molecule has 114 valence electrons. The van der Waals surface area contributed by atoms with Crippen LogP contribution in [0, 0.1) is 5.92 Å². The number of nitrogens with one attached hydrogen (secondary N) is 2. The smallest absolute Gasteiger partial charge is 0.240 e. The highest BCUT2D eigenvalue weighted by atomic mass is 32.2. The van der Waals surface area contributed by atoms with Gasteiger partial charge in [-0.3, -0.25) is 0 Å². The summed E-state index contributed by atoms with van der Waals surface area (Å²) in [5.41, 5.74) is 0.945. The summed E-state index contributed by atoms with van der Waals surface area (Å²) in [6.07, 6.45) is 1.98. The van der Waals surface area contributed by atoms with E-state index in [2.05, 4.69) is 23.9 Å². The van der Waals surface area contributed by atoms with Gasteiger partial charge in [-0.25, -0.2) is 13.1 Å². The first-order valence-corrected chi connectivity index (χ1v) is 8.75. The molecule has 5 heteroatoms. The van der Waals surface area contributed by atoms with Crippen LogP contribution in [0.4, 0.5) is 5.69 Å². The lowest BCUT2D eigenvalue weighted by Gasteiger charge is -2.19. The van der Waals surface area contributed by atoms with E-state index in [0.29, 0.717) is 10.8 Å². The van der Waals surface area contributed by atoms with E-state index >= 15 is 0 Å². The third kappa shape index (κ3) is 4.80. The zero-order valence-corrected chi connectivity index (χ0v) is 13.6. The Hall–Kier alpha value is -1.07. The summed E-state index contributed by atoms with van der Waals surface area (Å²) in [6, 6.07) is 6.83. The number of rotatable bonds is 8. The molecule has 0 amide bonds. The van der Waals surface area contributed by atoms with Crippen LogP contribution in [0.3, 0.4) is 0 Å². The number of anilines is 1. The largest absolute Gasteiger partial charge is 0.385 e. The average Bonchev–Trinajstić information content (AvgIpc) is 2.44. The number of sulfonamides is 1. The molecule has 0 heterocycles. The molecule has 0 spiro atoms.